The maximum Gasteiger partial charge on any atom is 0.140 e. The average Bonchev–Trinajstić information content (AvgIpc) is 2.18. The molecule has 0 spiro atoms. The first kappa shape index (κ1) is 8.26. The quantitative estimate of drug-likeness (QED) is 0.651. The van der Waals surface area contributed by atoms with Crippen molar-refractivity contribution in [2.24, 2.45) is 0 Å². The fourth-order valence-electron chi connectivity index (χ4n) is 1.06. The number of rotatable bonds is 1. The van der Waals surface area contributed by atoms with Crippen molar-refractivity contribution in [2.45, 2.75) is 0 Å². The minimum absolute atomic E-state index is 0.434. The molecule has 1 aromatic carbocycles. The molecule has 1 radical (unpaired) electrons. The van der Waals surface area contributed by atoms with Crippen LogP contribution >= 0.6 is 11.6 Å². The molecule has 0 atom stereocenters. The van der Waals surface area contributed by atoms with Crippen LogP contribution in [0, 0.1) is 6.07 Å². The molecule has 1 heterocycles. The Balaban J connectivity index is 2.72. The van der Waals surface area contributed by atoms with Gasteiger partial charge in [0.15, 0.2) is 0 Å². The Morgan fingerprint density at radius 2 is 2.31 bits per heavy atom. The van der Waals surface area contributed by atoms with Gasteiger partial charge in [0, 0.05) is 17.5 Å². The fourth-order valence-corrected chi connectivity index (χ4v) is 1.26. The van der Waals surface area contributed by atoms with Crippen LogP contribution in [0.4, 0.5) is 0 Å². The zero-order valence-electron chi connectivity index (χ0n) is 6.91. The summed E-state index contributed by atoms with van der Waals surface area (Å²) in [4.78, 5) is 7.91. The fraction of sp³-hybridized carbons (Fsp3) is 0.111. The maximum absolute atomic E-state index is 5.84. The molecular weight excluding hydrogens is 188 g/mol. The number of hydrogen-bond acceptors (Lipinski definition) is 3. The van der Waals surface area contributed by atoms with Gasteiger partial charge in [-0.2, -0.15) is 0 Å². The second-order valence-corrected chi connectivity index (χ2v) is 2.82. The Bertz CT molecular complexity index is 445. The van der Waals surface area contributed by atoms with Crippen molar-refractivity contribution in [3.05, 3.63) is 29.7 Å². The Morgan fingerprint density at radius 3 is 3.08 bits per heavy atom. The van der Waals surface area contributed by atoms with Crippen LogP contribution in [0.1, 0.15) is 0 Å². The zero-order valence-corrected chi connectivity index (χ0v) is 7.67. The second kappa shape index (κ2) is 3.18. The highest BCUT2D eigenvalue weighted by molar-refractivity contribution is 6.34. The van der Waals surface area contributed by atoms with Crippen molar-refractivity contribution in [1.29, 1.82) is 0 Å². The van der Waals surface area contributed by atoms with Gasteiger partial charge in [0.25, 0.3) is 0 Å². The number of halogens is 1. The molecule has 3 nitrogen and oxygen atoms in total. The number of ether oxygens (including phenoxy) is 1. The SMILES string of the molecule is COc1[c]cc2c(Cl)ncnc2c1. The minimum Gasteiger partial charge on any atom is -0.496 e. The zero-order chi connectivity index (χ0) is 9.26. The number of aromatic nitrogens is 2. The van der Waals surface area contributed by atoms with Crippen LogP contribution < -0.4 is 4.74 Å². The van der Waals surface area contributed by atoms with Gasteiger partial charge in [-0.25, -0.2) is 9.97 Å². The highest BCUT2D eigenvalue weighted by Gasteiger charge is 2.01. The first-order chi connectivity index (χ1) is 6.31. The monoisotopic (exact) mass is 193 g/mol. The van der Waals surface area contributed by atoms with Crippen molar-refractivity contribution in [3.63, 3.8) is 0 Å². The number of benzene rings is 1. The summed E-state index contributed by atoms with van der Waals surface area (Å²) < 4.78 is 5.00. The summed E-state index contributed by atoms with van der Waals surface area (Å²) in [5.41, 5.74) is 0.760. The van der Waals surface area contributed by atoms with Gasteiger partial charge in [-0.15, -0.1) is 0 Å². The molecule has 0 amide bonds. The summed E-state index contributed by atoms with van der Waals surface area (Å²) in [6.07, 6.45) is 1.42. The van der Waals surface area contributed by atoms with Crippen LogP contribution in [0.2, 0.25) is 5.15 Å². The third-order valence-corrected chi connectivity index (χ3v) is 2.01. The van der Waals surface area contributed by atoms with E-state index in [-0.39, 0.29) is 0 Å². The first-order valence-corrected chi connectivity index (χ1v) is 4.05. The summed E-state index contributed by atoms with van der Waals surface area (Å²) >= 11 is 5.84. The van der Waals surface area contributed by atoms with Crippen LogP contribution in [0.15, 0.2) is 18.5 Å². The lowest BCUT2D eigenvalue weighted by molar-refractivity contribution is 0.414. The van der Waals surface area contributed by atoms with E-state index in [1.165, 1.54) is 6.33 Å². The lowest BCUT2D eigenvalue weighted by Crippen LogP contribution is -1.86. The Morgan fingerprint density at radius 1 is 1.46 bits per heavy atom. The molecule has 0 N–H and O–H groups in total. The molecule has 0 fully saturated rings. The molecule has 0 unspecified atom stereocenters. The summed E-state index contributed by atoms with van der Waals surface area (Å²) in [6, 6.07) is 6.40. The lowest BCUT2D eigenvalue weighted by atomic mass is 10.2. The first-order valence-electron chi connectivity index (χ1n) is 3.67. The summed E-state index contributed by atoms with van der Waals surface area (Å²) in [6.45, 7) is 0. The molecule has 0 bridgehead atoms. The maximum atomic E-state index is 5.84. The predicted molar refractivity (Wildman–Crippen MR) is 49.9 cm³/mol. The predicted octanol–water partition coefficient (Wildman–Crippen LogP) is 2.09. The Labute approximate surface area is 80.3 Å². The van der Waals surface area contributed by atoms with E-state index in [2.05, 4.69) is 16.0 Å². The van der Waals surface area contributed by atoms with Gasteiger partial charge in [0.1, 0.15) is 17.2 Å². The molecule has 0 aliphatic rings. The molecule has 13 heavy (non-hydrogen) atoms. The second-order valence-electron chi connectivity index (χ2n) is 2.46. The highest BCUT2D eigenvalue weighted by atomic mass is 35.5. The van der Waals surface area contributed by atoms with Crippen molar-refractivity contribution in [2.75, 3.05) is 7.11 Å². The van der Waals surface area contributed by atoms with Crippen molar-refractivity contribution < 1.29 is 4.74 Å². The van der Waals surface area contributed by atoms with Gasteiger partial charge in [-0.3, -0.25) is 0 Å². The summed E-state index contributed by atoms with van der Waals surface area (Å²) in [5, 5.41) is 1.22. The number of fused-ring (bicyclic) bond motifs is 1. The molecule has 2 aromatic rings. The third kappa shape index (κ3) is 1.42. The van der Waals surface area contributed by atoms with Gasteiger partial charge in [0.2, 0.25) is 0 Å². The molecule has 4 heteroatoms. The smallest absolute Gasteiger partial charge is 0.140 e. The molecule has 65 valence electrons. The van der Waals surface area contributed by atoms with Crippen molar-refractivity contribution >= 4 is 22.5 Å². The van der Waals surface area contributed by atoms with Crippen molar-refractivity contribution in [3.8, 4) is 5.75 Å². The van der Waals surface area contributed by atoms with E-state index in [0.29, 0.717) is 10.9 Å². The minimum atomic E-state index is 0.434. The van der Waals surface area contributed by atoms with Crippen molar-refractivity contribution in [1.82, 2.24) is 9.97 Å². The summed E-state index contributed by atoms with van der Waals surface area (Å²) in [5.74, 6) is 0.641. The molecule has 0 saturated heterocycles. The van der Waals surface area contributed by atoms with Gasteiger partial charge in [-0.1, -0.05) is 11.6 Å². The molecule has 0 saturated carbocycles. The largest absolute Gasteiger partial charge is 0.496 e. The van der Waals surface area contributed by atoms with Gasteiger partial charge in [-0.05, 0) is 6.07 Å². The van der Waals surface area contributed by atoms with Crippen LogP contribution in [0.3, 0.4) is 0 Å². The van der Waals surface area contributed by atoms with Crippen LogP contribution in [0.25, 0.3) is 10.9 Å². The highest BCUT2D eigenvalue weighted by Crippen LogP contribution is 2.22. The molecule has 2 rings (SSSR count). The number of hydrogen-bond donors (Lipinski definition) is 0. The van der Waals surface area contributed by atoms with E-state index in [1.807, 2.05) is 0 Å². The van der Waals surface area contributed by atoms with E-state index in [4.69, 9.17) is 16.3 Å². The molecule has 1 aromatic heterocycles. The summed E-state index contributed by atoms with van der Waals surface area (Å²) in [7, 11) is 1.58. The van der Waals surface area contributed by atoms with Crippen LogP contribution in [-0.4, -0.2) is 17.1 Å². The lowest BCUT2D eigenvalue weighted by Gasteiger charge is -2.01. The van der Waals surface area contributed by atoms with Gasteiger partial charge < -0.3 is 4.74 Å². The molecular formula is C9H6ClN2O. The van der Waals surface area contributed by atoms with Gasteiger partial charge in [0.05, 0.1) is 12.6 Å². The topological polar surface area (TPSA) is 35.0 Å². The van der Waals surface area contributed by atoms with E-state index in [0.717, 1.165) is 10.9 Å². The average molecular weight is 194 g/mol. The van der Waals surface area contributed by atoms with Gasteiger partial charge >= 0.3 is 0 Å². The normalized spacial score (nSPS) is 10.3. The third-order valence-electron chi connectivity index (χ3n) is 1.71. The molecule has 0 aliphatic heterocycles. The van der Waals surface area contributed by atoms with E-state index in [9.17, 15) is 0 Å². The standard InChI is InChI=1S/C9H6ClN2O/c1-13-6-2-3-7-8(4-6)11-5-12-9(7)10/h3-5H,1H3. The molecule has 0 aliphatic carbocycles. The Kier molecular flexibility index (Phi) is 2.02. The number of methoxy groups -OCH3 is 1. The van der Waals surface area contributed by atoms with E-state index < -0.39 is 0 Å². The van der Waals surface area contributed by atoms with E-state index in [1.54, 1.807) is 19.2 Å². The van der Waals surface area contributed by atoms with Crippen LogP contribution in [-0.2, 0) is 0 Å². The number of nitrogens with zero attached hydrogens (tertiary/aromatic N) is 2. The van der Waals surface area contributed by atoms with Crippen LogP contribution in [0.5, 0.6) is 5.75 Å². The Hall–Kier alpha value is -1.35. The van der Waals surface area contributed by atoms with E-state index >= 15 is 0 Å².